The number of nitrogens with two attached hydrogens (primary N) is 1. The fourth-order valence-corrected chi connectivity index (χ4v) is 4.21. The molecule has 1 atom stereocenters. The van der Waals surface area contributed by atoms with Gasteiger partial charge in [-0.05, 0) is 63.3 Å². The number of benzene rings is 2. The molecule has 1 fully saturated rings. The van der Waals surface area contributed by atoms with Crippen LogP contribution in [0.5, 0.6) is 11.5 Å². The Morgan fingerprint density at radius 1 is 1.11 bits per heavy atom. The first kappa shape index (κ1) is 24.2. The van der Waals surface area contributed by atoms with E-state index in [0.29, 0.717) is 30.1 Å². The molecule has 1 saturated heterocycles. The molecule has 0 saturated carbocycles. The number of nitrogens with zero attached hydrogens (tertiary/aromatic N) is 4. The van der Waals surface area contributed by atoms with E-state index in [-0.39, 0.29) is 11.9 Å². The van der Waals surface area contributed by atoms with E-state index in [4.69, 9.17) is 10.5 Å². The summed E-state index contributed by atoms with van der Waals surface area (Å²) in [6.07, 6.45) is 7.02. The largest absolute Gasteiger partial charge is 0.457 e. The maximum absolute atomic E-state index is 12.7. The Bertz CT molecular complexity index is 1190. The van der Waals surface area contributed by atoms with Gasteiger partial charge in [0.25, 0.3) is 5.91 Å². The van der Waals surface area contributed by atoms with Gasteiger partial charge >= 0.3 is 0 Å². The smallest absolute Gasteiger partial charge is 0.252 e. The Morgan fingerprint density at radius 2 is 1.83 bits per heavy atom. The highest BCUT2D eigenvalue weighted by Crippen LogP contribution is 2.28. The highest BCUT2D eigenvalue weighted by Gasteiger charge is 2.28. The van der Waals surface area contributed by atoms with Crippen LogP contribution in [0.1, 0.15) is 23.2 Å². The summed E-state index contributed by atoms with van der Waals surface area (Å²) in [5.74, 6) is 0.893. The second-order valence-electron chi connectivity index (χ2n) is 8.91. The van der Waals surface area contributed by atoms with Gasteiger partial charge in [0, 0.05) is 30.9 Å². The van der Waals surface area contributed by atoms with Crippen LogP contribution >= 0.6 is 0 Å². The SMILES string of the molecule is CN(C)C/C=C/C(=O)N1CCC[C@H]1Cn1cc(C(N)=O)c(-c2ccc(Oc3ccccc3)cc2)n1. The second kappa shape index (κ2) is 11.0. The van der Waals surface area contributed by atoms with Gasteiger partial charge in [-0.15, -0.1) is 0 Å². The van der Waals surface area contributed by atoms with Gasteiger partial charge in [-0.3, -0.25) is 14.3 Å². The van der Waals surface area contributed by atoms with E-state index >= 15 is 0 Å². The van der Waals surface area contributed by atoms with Gasteiger partial charge in [0.15, 0.2) is 0 Å². The standard InChI is InChI=1S/C27H31N5O3/c1-30(2)16-7-11-25(33)32-17-6-8-21(32)18-31-19-24(27(28)34)26(29-31)20-12-14-23(15-13-20)35-22-9-4-3-5-10-22/h3-5,7,9-15,19,21H,6,8,16-18H2,1-2H3,(H2,28,34)/b11-7+/t21-/m0/s1. The van der Waals surface area contributed by atoms with Gasteiger partial charge < -0.3 is 20.3 Å². The topological polar surface area (TPSA) is 93.7 Å². The number of carbonyl (C=O) groups excluding carboxylic acids is 2. The molecule has 3 aromatic rings. The average Bonchev–Trinajstić information content (AvgIpc) is 3.48. The van der Waals surface area contributed by atoms with Crippen LogP contribution in [0.4, 0.5) is 0 Å². The summed E-state index contributed by atoms with van der Waals surface area (Å²) in [5, 5.41) is 4.67. The molecule has 1 aliphatic rings. The van der Waals surface area contributed by atoms with E-state index in [9.17, 15) is 9.59 Å². The molecule has 0 bridgehead atoms. The van der Waals surface area contributed by atoms with E-state index in [1.807, 2.05) is 84.6 Å². The lowest BCUT2D eigenvalue weighted by Crippen LogP contribution is -2.37. The van der Waals surface area contributed by atoms with Gasteiger partial charge in [-0.25, -0.2) is 0 Å². The van der Waals surface area contributed by atoms with E-state index < -0.39 is 5.91 Å². The summed E-state index contributed by atoms with van der Waals surface area (Å²) in [4.78, 5) is 28.7. The molecule has 1 aromatic heterocycles. The number of hydrogen-bond acceptors (Lipinski definition) is 5. The zero-order valence-corrected chi connectivity index (χ0v) is 20.1. The molecule has 8 heteroatoms. The predicted octanol–water partition coefficient (Wildman–Crippen LogP) is 3.55. The van der Waals surface area contributed by atoms with Crippen molar-refractivity contribution in [2.24, 2.45) is 5.73 Å². The Labute approximate surface area is 205 Å². The van der Waals surface area contributed by atoms with Crippen molar-refractivity contribution in [2.45, 2.75) is 25.4 Å². The van der Waals surface area contributed by atoms with Gasteiger partial charge in [-0.1, -0.05) is 24.3 Å². The number of primary amides is 1. The van der Waals surface area contributed by atoms with Gasteiger partial charge in [-0.2, -0.15) is 5.10 Å². The van der Waals surface area contributed by atoms with Gasteiger partial charge in [0.05, 0.1) is 18.2 Å². The number of aromatic nitrogens is 2. The quantitative estimate of drug-likeness (QED) is 0.480. The second-order valence-corrected chi connectivity index (χ2v) is 8.91. The van der Waals surface area contributed by atoms with Crippen molar-refractivity contribution in [3.8, 4) is 22.8 Å². The molecule has 1 aliphatic heterocycles. The molecule has 2 N–H and O–H groups in total. The van der Waals surface area contributed by atoms with Crippen molar-refractivity contribution in [3.63, 3.8) is 0 Å². The molecule has 0 aliphatic carbocycles. The number of likely N-dealkylation sites (N-methyl/N-ethyl adjacent to an activating group) is 1. The van der Waals surface area contributed by atoms with E-state index in [0.717, 1.165) is 30.7 Å². The van der Waals surface area contributed by atoms with Crippen LogP contribution in [0.25, 0.3) is 11.3 Å². The van der Waals surface area contributed by atoms with Crippen molar-refractivity contribution in [1.29, 1.82) is 0 Å². The van der Waals surface area contributed by atoms with Crippen molar-refractivity contribution in [3.05, 3.63) is 78.5 Å². The third kappa shape index (κ3) is 6.16. The summed E-state index contributed by atoms with van der Waals surface area (Å²) in [5.41, 5.74) is 7.30. The number of rotatable bonds is 9. The highest BCUT2D eigenvalue weighted by molar-refractivity contribution is 5.98. The van der Waals surface area contributed by atoms with Crippen LogP contribution in [-0.2, 0) is 11.3 Å². The molecule has 35 heavy (non-hydrogen) atoms. The maximum Gasteiger partial charge on any atom is 0.252 e. The summed E-state index contributed by atoms with van der Waals surface area (Å²) in [6, 6.07) is 16.9. The normalized spacial score (nSPS) is 15.7. The number of hydrogen-bond donors (Lipinski definition) is 1. The maximum atomic E-state index is 12.7. The minimum absolute atomic E-state index is 0.00543. The lowest BCUT2D eigenvalue weighted by atomic mass is 10.1. The zero-order valence-electron chi connectivity index (χ0n) is 20.1. The van der Waals surface area contributed by atoms with E-state index in [2.05, 4.69) is 5.10 Å². The molecule has 2 aromatic carbocycles. The number of para-hydroxylation sites is 1. The Balaban J connectivity index is 1.49. The first-order chi connectivity index (χ1) is 16.9. The third-order valence-corrected chi connectivity index (χ3v) is 5.92. The fourth-order valence-electron chi connectivity index (χ4n) is 4.21. The highest BCUT2D eigenvalue weighted by atomic mass is 16.5. The van der Waals surface area contributed by atoms with Crippen molar-refractivity contribution >= 4 is 11.8 Å². The van der Waals surface area contributed by atoms with Crippen molar-refractivity contribution < 1.29 is 14.3 Å². The Kier molecular flexibility index (Phi) is 7.62. The monoisotopic (exact) mass is 473 g/mol. The number of ether oxygens (including phenoxy) is 1. The Morgan fingerprint density at radius 3 is 2.51 bits per heavy atom. The number of carbonyl (C=O) groups is 2. The molecule has 0 unspecified atom stereocenters. The van der Waals surface area contributed by atoms with Crippen LogP contribution in [0.3, 0.4) is 0 Å². The average molecular weight is 474 g/mol. The lowest BCUT2D eigenvalue weighted by molar-refractivity contribution is -0.127. The summed E-state index contributed by atoms with van der Waals surface area (Å²) >= 11 is 0. The minimum Gasteiger partial charge on any atom is -0.457 e. The number of likely N-dealkylation sites (tertiary alicyclic amines) is 1. The predicted molar refractivity (Wildman–Crippen MR) is 135 cm³/mol. The van der Waals surface area contributed by atoms with E-state index in [1.54, 1.807) is 17.0 Å². The first-order valence-corrected chi connectivity index (χ1v) is 11.7. The molecule has 8 nitrogen and oxygen atoms in total. The van der Waals surface area contributed by atoms with Crippen LogP contribution in [0, 0.1) is 0 Å². The van der Waals surface area contributed by atoms with Crippen LogP contribution in [0.2, 0.25) is 0 Å². The summed E-state index contributed by atoms with van der Waals surface area (Å²) < 4.78 is 7.58. The molecule has 0 spiro atoms. The lowest BCUT2D eigenvalue weighted by Gasteiger charge is -2.23. The molecular weight excluding hydrogens is 442 g/mol. The molecule has 0 radical (unpaired) electrons. The molecule has 2 heterocycles. The molecular formula is C27H31N5O3. The van der Waals surface area contributed by atoms with Gasteiger partial charge in [0.1, 0.15) is 17.2 Å². The van der Waals surface area contributed by atoms with Crippen molar-refractivity contribution in [2.75, 3.05) is 27.2 Å². The van der Waals surface area contributed by atoms with Crippen molar-refractivity contribution in [1.82, 2.24) is 19.6 Å². The fraction of sp³-hybridized carbons (Fsp3) is 0.296. The van der Waals surface area contributed by atoms with E-state index in [1.165, 1.54) is 0 Å². The number of amides is 2. The van der Waals surface area contributed by atoms with Crippen LogP contribution < -0.4 is 10.5 Å². The van der Waals surface area contributed by atoms with Crippen LogP contribution in [-0.4, -0.2) is 64.6 Å². The molecule has 2 amide bonds. The third-order valence-electron chi connectivity index (χ3n) is 5.92. The molecule has 4 rings (SSSR count). The zero-order chi connectivity index (χ0) is 24.8. The van der Waals surface area contributed by atoms with Gasteiger partial charge in [0.2, 0.25) is 5.91 Å². The van der Waals surface area contributed by atoms with Crippen LogP contribution in [0.15, 0.2) is 72.9 Å². The Hall–Kier alpha value is -3.91. The minimum atomic E-state index is -0.540. The summed E-state index contributed by atoms with van der Waals surface area (Å²) in [7, 11) is 3.92. The first-order valence-electron chi connectivity index (χ1n) is 11.7. The summed E-state index contributed by atoms with van der Waals surface area (Å²) in [6.45, 7) is 1.93. The molecule has 182 valence electrons.